The molecule has 0 aliphatic carbocycles. The van der Waals surface area contributed by atoms with Crippen molar-refractivity contribution in [3.63, 3.8) is 0 Å². The Balaban J connectivity index is 2.13. The van der Waals surface area contributed by atoms with Gasteiger partial charge in [0.25, 0.3) is 0 Å². The number of methoxy groups -OCH3 is 1. The Morgan fingerprint density at radius 1 is 1.14 bits per heavy atom. The number of hydrogen-bond acceptors (Lipinski definition) is 3. The summed E-state index contributed by atoms with van der Waals surface area (Å²) in [7, 11) is 1.67. The van der Waals surface area contributed by atoms with Gasteiger partial charge in [-0.1, -0.05) is 19.1 Å². The van der Waals surface area contributed by atoms with Gasteiger partial charge in [0.2, 0.25) is 0 Å². The lowest BCUT2D eigenvalue weighted by molar-refractivity contribution is 0.409. The molecular formula is C16H17Br2NOS. The minimum atomic E-state index is 0.766. The summed E-state index contributed by atoms with van der Waals surface area (Å²) in [6, 6.07) is 12.5. The van der Waals surface area contributed by atoms with E-state index >= 15 is 0 Å². The molecule has 0 aromatic heterocycles. The van der Waals surface area contributed by atoms with Crippen molar-refractivity contribution in [2.75, 3.05) is 18.2 Å². The van der Waals surface area contributed by atoms with Crippen LogP contribution in [-0.4, -0.2) is 12.9 Å². The molecule has 0 bridgehead atoms. The molecule has 21 heavy (non-hydrogen) atoms. The number of benzene rings is 2. The lowest BCUT2D eigenvalue weighted by Gasteiger charge is -2.13. The standard InChI is InChI=1S/C16H17Br2NOS/c1-3-21-15-7-5-4-6-14(15)19-10-11-8-12(17)16(20-2)13(18)9-11/h4-9,19H,3,10H2,1-2H3. The normalized spacial score (nSPS) is 10.5. The summed E-state index contributed by atoms with van der Waals surface area (Å²) in [4.78, 5) is 1.28. The molecule has 112 valence electrons. The van der Waals surface area contributed by atoms with Crippen molar-refractivity contribution in [2.45, 2.75) is 18.4 Å². The highest BCUT2D eigenvalue weighted by Gasteiger charge is 2.08. The second kappa shape index (κ2) is 8.11. The fraction of sp³-hybridized carbons (Fsp3) is 0.250. The number of para-hydroxylation sites is 1. The highest BCUT2D eigenvalue weighted by molar-refractivity contribution is 9.11. The number of thioether (sulfide) groups is 1. The van der Waals surface area contributed by atoms with Crippen molar-refractivity contribution in [2.24, 2.45) is 0 Å². The van der Waals surface area contributed by atoms with Gasteiger partial charge in [-0.15, -0.1) is 11.8 Å². The minimum Gasteiger partial charge on any atom is -0.494 e. The molecule has 2 nitrogen and oxygen atoms in total. The molecule has 0 unspecified atom stereocenters. The van der Waals surface area contributed by atoms with Crippen LogP contribution in [-0.2, 0) is 6.54 Å². The number of nitrogens with one attached hydrogen (secondary N) is 1. The third-order valence-corrected chi connectivity index (χ3v) is 5.07. The van der Waals surface area contributed by atoms with Crippen LogP contribution < -0.4 is 10.1 Å². The second-order valence-electron chi connectivity index (χ2n) is 4.38. The van der Waals surface area contributed by atoms with Gasteiger partial charge in [0.15, 0.2) is 0 Å². The van der Waals surface area contributed by atoms with Crippen LogP contribution in [0.3, 0.4) is 0 Å². The van der Waals surface area contributed by atoms with Crippen LogP contribution in [0.5, 0.6) is 5.75 Å². The fourth-order valence-electron chi connectivity index (χ4n) is 2.00. The number of anilines is 1. The van der Waals surface area contributed by atoms with Gasteiger partial charge in [0.05, 0.1) is 16.1 Å². The summed E-state index contributed by atoms with van der Waals surface area (Å²) >= 11 is 8.92. The van der Waals surface area contributed by atoms with E-state index in [4.69, 9.17) is 4.74 Å². The summed E-state index contributed by atoms with van der Waals surface area (Å²) in [5.74, 6) is 1.89. The van der Waals surface area contributed by atoms with Crippen molar-refractivity contribution < 1.29 is 4.74 Å². The Labute approximate surface area is 146 Å². The number of halogens is 2. The maximum Gasteiger partial charge on any atom is 0.147 e. The van der Waals surface area contributed by atoms with Crippen LogP contribution in [0.4, 0.5) is 5.69 Å². The summed E-state index contributed by atoms with van der Waals surface area (Å²) in [5, 5.41) is 3.50. The van der Waals surface area contributed by atoms with Crippen LogP contribution in [0.1, 0.15) is 12.5 Å². The Hall–Kier alpha value is -0.650. The quantitative estimate of drug-likeness (QED) is 0.572. The van der Waals surface area contributed by atoms with Gasteiger partial charge in [-0.2, -0.15) is 0 Å². The van der Waals surface area contributed by atoms with E-state index < -0.39 is 0 Å². The molecule has 0 saturated carbocycles. The van der Waals surface area contributed by atoms with Crippen LogP contribution in [0.15, 0.2) is 50.2 Å². The SMILES string of the molecule is CCSc1ccccc1NCc1cc(Br)c(OC)c(Br)c1. The molecule has 0 aliphatic heterocycles. The van der Waals surface area contributed by atoms with E-state index in [1.807, 2.05) is 11.8 Å². The van der Waals surface area contributed by atoms with Gasteiger partial charge in [-0.25, -0.2) is 0 Å². The molecule has 0 fully saturated rings. The van der Waals surface area contributed by atoms with Crippen LogP contribution in [0, 0.1) is 0 Å². The molecule has 1 N–H and O–H groups in total. The van der Waals surface area contributed by atoms with Gasteiger partial charge in [0, 0.05) is 17.1 Å². The lowest BCUT2D eigenvalue weighted by Crippen LogP contribution is -2.01. The zero-order valence-corrected chi connectivity index (χ0v) is 15.9. The van der Waals surface area contributed by atoms with E-state index in [1.165, 1.54) is 16.1 Å². The first-order chi connectivity index (χ1) is 10.2. The Morgan fingerprint density at radius 2 is 1.81 bits per heavy atom. The summed E-state index contributed by atoms with van der Waals surface area (Å²) < 4.78 is 7.23. The Kier molecular flexibility index (Phi) is 6.45. The van der Waals surface area contributed by atoms with Gasteiger partial charge < -0.3 is 10.1 Å². The number of hydrogen-bond donors (Lipinski definition) is 1. The van der Waals surface area contributed by atoms with Crippen LogP contribution >= 0.6 is 43.6 Å². The van der Waals surface area contributed by atoms with Crippen molar-refractivity contribution in [1.29, 1.82) is 0 Å². The van der Waals surface area contributed by atoms with E-state index in [-0.39, 0.29) is 0 Å². The molecule has 2 aromatic rings. The average Bonchev–Trinajstić information content (AvgIpc) is 2.46. The Bertz CT molecular complexity index is 596. The third kappa shape index (κ3) is 4.41. The second-order valence-corrected chi connectivity index (χ2v) is 7.39. The van der Waals surface area contributed by atoms with Crippen molar-refractivity contribution >= 4 is 49.3 Å². The molecule has 0 radical (unpaired) electrons. The third-order valence-electron chi connectivity index (χ3n) is 2.93. The first-order valence-electron chi connectivity index (χ1n) is 6.63. The predicted molar refractivity (Wildman–Crippen MR) is 98.6 cm³/mol. The molecule has 0 saturated heterocycles. The maximum atomic E-state index is 5.33. The maximum absolute atomic E-state index is 5.33. The molecule has 5 heteroatoms. The van der Waals surface area contributed by atoms with Crippen LogP contribution in [0.2, 0.25) is 0 Å². The van der Waals surface area contributed by atoms with E-state index in [9.17, 15) is 0 Å². The lowest BCUT2D eigenvalue weighted by atomic mass is 10.2. The summed E-state index contributed by atoms with van der Waals surface area (Å²) in [6.07, 6.45) is 0. The van der Waals surface area contributed by atoms with Crippen molar-refractivity contribution in [1.82, 2.24) is 0 Å². The van der Waals surface area contributed by atoms with E-state index in [0.29, 0.717) is 0 Å². The molecular weight excluding hydrogens is 414 g/mol. The highest BCUT2D eigenvalue weighted by atomic mass is 79.9. The molecule has 2 rings (SSSR count). The molecule has 2 aromatic carbocycles. The topological polar surface area (TPSA) is 21.3 Å². The first kappa shape index (κ1) is 16.7. The van der Waals surface area contributed by atoms with E-state index in [1.54, 1.807) is 7.11 Å². The molecule has 0 spiro atoms. The smallest absolute Gasteiger partial charge is 0.147 e. The molecule has 0 atom stereocenters. The number of ether oxygens (including phenoxy) is 1. The molecule has 0 aliphatic rings. The van der Waals surface area contributed by atoms with Gasteiger partial charge in [-0.05, 0) is 67.4 Å². The highest BCUT2D eigenvalue weighted by Crippen LogP contribution is 2.35. The van der Waals surface area contributed by atoms with E-state index in [2.05, 4.69) is 80.5 Å². The summed E-state index contributed by atoms with van der Waals surface area (Å²) in [6.45, 7) is 2.93. The molecule has 0 amide bonds. The first-order valence-corrected chi connectivity index (χ1v) is 9.20. The van der Waals surface area contributed by atoms with E-state index in [0.717, 1.165) is 27.0 Å². The monoisotopic (exact) mass is 429 g/mol. The predicted octanol–water partition coefficient (Wildman–Crippen LogP) is 5.94. The van der Waals surface area contributed by atoms with Crippen molar-refractivity contribution in [3.8, 4) is 5.75 Å². The minimum absolute atomic E-state index is 0.766. The largest absolute Gasteiger partial charge is 0.494 e. The Morgan fingerprint density at radius 3 is 2.43 bits per heavy atom. The summed E-state index contributed by atoms with van der Waals surface area (Å²) in [5.41, 5.74) is 2.36. The van der Waals surface area contributed by atoms with Gasteiger partial charge in [-0.3, -0.25) is 0 Å². The molecule has 0 heterocycles. The van der Waals surface area contributed by atoms with Gasteiger partial charge >= 0.3 is 0 Å². The zero-order chi connectivity index (χ0) is 15.2. The van der Waals surface area contributed by atoms with Gasteiger partial charge in [0.1, 0.15) is 5.75 Å². The van der Waals surface area contributed by atoms with Crippen LogP contribution in [0.25, 0.3) is 0 Å². The zero-order valence-electron chi connectivity index (χ0n) is 12.0. The fourth-order valence-corrected chi connectivity index (χ4v) is 4.39. The van der Waals surface area contributed by atoms with Crippen molar-refractivity contribution in [3.05, 3.63) is 50.9 Å². The average molecular weight is 431 g/mol. The number of rotatable bonds is 6.